The number of nitrogens with zero attached hydrogens (tertiary/aromatic N) is 4. The van der Waals surface area contributed by atoms with E-state index < -0.39 is 0 Å². The van der Waals surface area contributed by atoms with Gasteiger partial charge in [-0.2, -0.15) is 4.98 Å². The van der Waals surface area contributed by atoms with E-state index in [2.05, 4.69) is 10.1 Å². The van der Waals surface area contributed by atoms with Crippen LogP contribution in [-0.2, 0) is 13.6 Å². The van der Waals surface area contributed by atoms with Crippen molar-refractivity contribution in [2.45, 2.75) is 6.54 Å². The Labute approximate surface area is 120 Å². The van der Waals surface area contributed by atoms with Gasteiger partial charge >= 0.3 is 0 Å². The summed E-state index contributed by atoms with van der Waals surface area (Å²) in [5.41, 5.74) is 0.973. The van der Waals surface area contributed by atoms with Crippen LogP contribution >= 0.6 is 11.6 Å². The molecule has 1 aliphatic heterocycles. The molecule has 20 heavy (non-hydrogen) atoms. The number of amides is 1. The van der Waals surface area contributed by atoms with E-state index in [1.807, 2.05) is 24.3 Å². The molecule has 0 aliphatic carbocycles. The normalized spacial score (nSPS) is 14.4. The fourth-order valence-corrected chi connectivity index (χ4v) is 2.21. The second-order valence-corrected chi connectivity index (χ2v) is 4.85. The average molecular weight is 293 g/mol. The Hall–Kier alpha value is -2.08. The van der Waals surface area contributed by atoms with Gasteiger partial charge in [-0.3, -0.25) is 4.79 Å². The van der Waals surface area contributed by atoms with Crippen molar-refractivity contribution in [2.24, 2.45) is 7.05 Å². The molecule has 0 saturated heterocycles. The number of fused-ring (bicyclic) bond motifs is 1. The van der Waals surface area contributed by atoms with Crippen molar-refractivity contribution in [1.82, 2.24) is 19.7 Å². The summed E-state index contributed by atoms with van der Waals surface area (Å²) in [6, 6.07) is 7.68. The second kappa shape index (κ2) is 5.13. The third-order valence-corrected chi connectivity index (χ3v) is 3.47. The Bertz CT molecular complexity index is 636. The minimum absolute atomic E-state index is 0.108. The quantitative estimate of drug-likeness (QED) is 0.799. The van der Waals surface area contributed by atoms with E-state index in [-0.39, 0.29) is 17.0 Å². The number of aromatic nitrogens is 3. The first-order valence-corrected chi connectivity index (χ1v) is 6.59. The predicted octanol–water partition coefficient (Wildman–Crippen LogP) is 1.50. The smallest absolute Gasteiger partial charge is 0.293 e. The Kier molecular flexibility index (Phi) is 3.31. The van der Waals surface area contributed by atoms with Crippen LogP contribution in [0.1, 0.15) is 16.2 Å². The molecule has 6 nitrogen and oxygen atoms in total. The predicted molar refractivity (Wildman–Crippen MR) is 72.7 cm³/mol. The highest BCUT2D eigenvalue weighted by Gasteiger charge is 2.24. The van der Waals surface area contributed by atoms with E-state index in [9.17, 15) is 4.79 Å². The van der Waals surface area contributed by atoms with Crippen molar-refractivity contribution < 1.29 is 9.53 Å². The Morgan fingerprint density at radius 1 is 1.40 bits per heavy atom. The van der Waals surface area contributed by atoms with E-state index in [0.29, 0.717) is 19.7 Å². The SMILES string of the molecule is Cn1nc(C(=O)N2CCOc3ccccc3C2)nc1Cl. The molecule has 0 unspecified atom stereocenters. The zero-order valence-corrected chi connectivity index (χ0v) is 11.7. The summed E-state index contributed by atoms with van der Waals surface area (Å²) in [6.07, 6.45) is 0. The Balaban J connectivity index is 1.86. The van der Waals surface area contributed by atoms with E-state index >= 15 is 0 Å². The lowest BCUT2D eigenvalue weighted by atomic mass is 10.2. The number of hydrogen-bond acceptors (Lipinski definition) is 4. The maximum Gasteiger partial charge on any atom is 0.293 e. The maximum absolute atomic E-state index is 12.4. The maximum atomic E-state index is 12.4. The van der Waals surface area contributed by atoms with Crippen LogP contribution in [-0.4, -0.2) is 38.7 Å². The van der Waals surface area contributed by atoms with Gasteiger partial charge in [0.25, 0.3) is 5.91 Å². The number of benzene rings is 1. The topological polar surface area (TPSA) is 60.2 Å². The van der Waals surface area contributed by atoms with Gasteiger partial charge in [-0.05, 0) is 17.7 Å². The van der Waals surface area contributed by atoms with Gasteiger partial charge in [0.2, 0.25) is 11.1 Å². The molecule has 2 aromatic rings. The van der Waals surface area contributed by atoms with Gasteiger partial charge in [0, 0.05) is 19.2 Å². The molecule has 0 saturated carbocycles. The highest BCUT2D eigenvalue weighted by molar-refractivity contribution is 6.28. The Morgan fingerprint density at radius 3 is 2.95 bits per heavy atom. The van der Waals surface area contributed by atoms with E-state index in [4.69, 9.17) is 16.3 Å². The lowest BCUT2D eigenvalue weighted by Crippen LogP contribution is -2.33. The molecule has 0 spiro atoms. The molecule has 104 valence electrons. The number of rotatable bonds is 1. The van der Waals surface area contributed by atoms with Crippen LogP contribution in [0.4, 0.5) is 0 Å². The molecule has 0 radical (unpaired) electrons. The first-order valence-electron chi connectivity index (χ1n) is 6.21. The van der Waals surface area contributed by atoms with Gasteiger partial charge in [0.1, 0.15) is 12.4 Å². The van der Waals surface area contributed by atoms with Crippen molar-refractivity contribution >= 4 is 17.5 Å². The van der Waals surface area contributed by atoms with Crippen LogP contribution in [0.2, 0.25) is 5.28 Å². The first-order chi connectivity index (χ1) is 9.65. The second-order valence-electron chi connectivity index (χ2n) is 4.51. The minimum Gasteiger partial charge on any atom is -0.491 e. The third-order valence-electron chi connectivity index (χ3n) is 3.14. The standard InChI is InChI=1S/C13H13ClN4O2/c1-17-13(14)15-11(16-17)12(19)18-6-7-20-10-5-3-2-4-9(10)8-18/h2-5H,6-8H2,1H3. The van der Waals surface area contributed by atoms with Crippen LogP contribution in [0.5, 0.6) is 5.75 Å². The summed E-state index contributed by atoms with van der Waals surface area (Å²) < 4.78 is 7.00. The minimum atomic E-state index is -0.243. The molecule has 7 heteroatoms. The summed E-state index contributed by atoms with van der Waals surface area (Å²) in [6.45, 7) is 1.41. The summed E-state index contributed by atoms with van der Waals surface area (Å²) in [7, 11) is 1.65. The fourth-order valence-electron chi connectivity index (χ4n) is 2.10. The van der Waals surface area contributed by atoms with E-state index in [0.717, 1.165) is 11.3 Å². The summed E-state index contributed by atoms with van der Waals surface area (Å²) in [4.78, 5) is 18.0. The number of aryl methyl sites for hydroxylation is 1. The van der Waals surface area contributed by atoms with Crippen molar-refractivity contribution in [1.29, 1.82) is 0 Å². The van der Waals surface area contributed by atoms with Gasteiger partial charge in [0.15, 0.2) is 0 Å². The zero-order chi connectivity index (χ0) is 14.1. The number of para-hydroxylation sites is 1. The fraction of sp³-hybridized carbons (Fsp3) is 0.308. The largest absolute Gasteiger partial charge is 0.491 e. The van der Waals surface area contributed by atoms with Gasteiger partial charge < -0.3 is 9.64 Å². The van der Waals surface area contributed by atoms with Crippen LogP contribution < -0.4 is 4.74 Å². The molecule has 1 aromatic heterocycles. The highest BCUT2D eigenvalue weighted by atomic mass is 35.5. The molecule has 0 atom stereocenters. The molecule has 0 N–H and O–H groups in total. The van der Waals surface area contributed by atoms with Gasteiger partial charge in [0.05, 0.1) is 6.54 Å². The van der Waals surface area contributed by atoms with Crippen LogP contribution in [0.25, 0.3) is 0 Å². The third kappa shape index (κ3) is 2.34. The monoisotopic (exact) mass is 292 g/mol. The summed E-state index contributed by atoms with van der Waals surface area (Å²) >= 11 is 5.82. The van der Waals surface area contributed by atoms with Gasteiger partial charge in [-0.15, -0.1) is 5.10 Å². The van der Waals surface area contributed by atoms with Crippen molar-refractivity contribution in [2.75, 3.05) is 13.2 Å². The van der Waals surface area contributed by atoms with E-state index in [1.165, 1.54) is 4.68 Å². The van der Waals surface area contributed by atoms with Crippen LogP contribution in [0.15, 0.2) is 24.3 Å². The van der Waals surface area contributed by atoms with Gasteiger partial charge in [-0.1, -0.05) is 18.2 Å². The lowest BCUT2D eigenvalue weighted by molar-refractivity contribution is 0.0720. The molecule has 3 rings (SSSR count). The lowest BCUT2D eigenvalue weighted by Gasteiger charge is -2.17. The molecule has 1 aliphatic rings. The molecule has 1 amide bonds. The van der Waals surface area contributed by atoms with Crippen LogP contribution in [0.3, 0.4) is 0 Å². The zero-order valence-electron chi connectivity index (χ0n) is 10.9. The molecular formula is C13H13ClN4O2. The number of carbonyl (C=O) groups is 1. The molecule has 0 fully saturated rings. The van der Waals surface area contributed by atoms with Crippen LogP contribution in [0, 0.1) is 0 Å². The van der Waals surface area contributed by atoms with Crippen molar-refractivity contribution in [3.8, 4) is 5.75 Å². The average Bonchev–Trinajstić information content (AvgIpc) is 2.67. The number of carbonyl (C=O) groups excluding carboxylic acids is 1. The van der Waals surface area contributed by atoms with Gasteiger partial charge in [-0.25, -0.2) is 4.68 Å². The van der Waals surface area contributed by atoms with E-state index in [1.54, 1.807) is 11.9 Å². The highest BCUT2D eigenvalue weighted by Crippen LogP contribution is 2.23. The molecule has 0 bridgehead atoms. The molecule has 2 heterocycles. The first kappa shape index (κ1) is 12.9. The number of ether oxygens (including phenoxy) is 1. The Morgan fingerprint density at radius 2 is 2.20 bits per heavy atom. The number of hydrogen-bond donors (Lipinski definition) is 0. The van der Waals surface area contributed by atoms with Crippen molar-refractivity contribution in [3.05, 3.63) is 40.9 Å². The summed E-state index contributed by atoms with van der Waals surface area (Å²) in [5, 5.41) is 4.21. The van der Waals surface area contributed by atoms with Crippen molar-refractivity contribution in [3.63, 3.8) is 0 Å². The molecular weight excluding hydrogens is 280 g/mol. The number of halogens is 1. The molecule has 1 aromatic carbocycles. The summed E-state index contributed by atoms with van der Waals surface area (Å²) in [5.74, 6) is 0.680.